The van der Waals surface area contributed by atoms with Gasteiger partial charge in [0.2, 0.25) is 11.8 Å². The van der Waals surface area contributed by atoms with E-state index in [1.165, 1.54) is 29.5 Å². The first kappa shape index (κ1) is 21.5. The van der Waals surface area contributed by atoms with E-state index >= 15 is 0 Å². The van der Waals surface area contributed by atoms with E-state index in [2.05, 4.69) is 17.2 Å². The van der Waals surface area contributed by atoms with Gasteiger partial charge in [0.05, 0.1) is 30.4 Å². The van der Waals surface area contributed by atoms with Gasteiger partial charge in [-0.15, -0.1) is 23.1 Å². The summed E-state index contributed by atoms with van der Waals surface area (Å²) in [6.07, 6.45) is 8.13. The zero-order chi connectivity index (χ0) is 20.9. The van der Waals surface area contributed by atoms with Gasteiger partial charge in [-0.1, -0.05) is 19.1 Å². The van der Waals surface area contributed by atoms with E-state index in [1.807, 2.05) is 28.5 Å². The zero-order valence-corrected chi connectivity index (χ0v) is 18.7. The van der Waals surface area contributed by atoms with Crippen molar-refractivity contribution in [3.8, 4) is 0 Å². The van der Waals surface area contributed by atoms with Gasteiger partial charge < -0.3 is 19.7 Å². The van der Waals surface area contributed by atoms with Gasteiger partial charge in [0.1, 0.15) is 12.2 Å². The van der Waals surface area contributed by atoms with Gasteiger partial charge in [-0.25, -0.2) is 4.98 Å². The number of likely N-dealkylation sites (tertiary alicyclic amines) is 1. The predicted molar refractivity (Wildman–Crippen MR) is 120 cm³/mol. The second-order valence-corrected chi connectivity index (χ2v) is 9.66. The number of piperidine rings is 1. The fourth-order valence-electron chi connectivity index (χ4n) is 3.83. The summed E-state index contributed by atoms with van der Waals surface area (Å²) in [4.78, 5) is 31.0. The van der Waals surface area contributed by atoms with E-state index in [0.717, 1.165) is 30.8 Å². The van der Waals surface area contributed by atoms with Crippen LogP contribution >= 0.6 is 23.1 Å². The molecule has 3 atom stereocenters. The van der Waals surface area contributed by atoms with Gasteiger partial charge in [-0.2, -0.15) is 0 Å². The highest BCUT2D eigenvalue weighted by Crippen LogP contribution is 2.28. The number of allylic oxidation sites excluding steroid dienone is 2. The normalized spacial score (nSPS) is 26.1. The van der Waals surface area contributed by atoms with Crippen LogP contribution in [0.4, 0.5) is 5.13 Å². The van der Waals surface area contributed by atoms with Crippen LogP contribution < -0.4 is 5.32 Å². The molecule has 4 rings (SSSR count). The fraction of sp³-hybridized carbons (Fsp3) is 0.571. The number of hydrogen-bond donors (Lipinski definition) is 1. The molecule has 1 N–H and O–H groups in total. The molecule has 30 heavy (non-hydrogen) atoms. The summed E-state index contributed by atoms with van der Waals surface area (Å²) in [6, 6.07) is 0. The Morgan fingerprint density at radius 3 is 2.97 bits per heavy atom. The number of nitrogens with one attached hydrogen (secondary N) is 1. The summed E-state index contributed by atoms with van der Waals surface area (Å²) in [6.45, 7) is 5.05. The molecule has 3 aliphatic rings. The first-order chi connectivity index (χ1) is 14.6. The molecule has 2 fully saturated rings. The van der Waals surface area contributed by atoms with Crippen LogP contribution in [0.15, 0.2) is 23.6 Å². The minimum Gasteiger partial charge on any atom is -0.369 e. The van der Waals surface area contributed by atoms with Gasteiger partial charge in [-0.05, 0) is 30.4 Å². The molecule has 3 heterocycles. The summed E-state index contributed by atoms with van der Waals surface area (Å²) in [5, 5.41) is 5.31. The van der Waals surface area contributed by atoms with Crippen molar-refractivity contribution in [2.24, 2.45) is 5.92 Å². The van der Waals surface area contributed by atoms with Gasteiger partial charge in [-0.3, -0.25) is 9.59 Å². The van der Waals surface area contributed by atoms with Gasteiger partial charge in [0.25, 0.3) is 0 Å². The van der Waals surface area contributed by atoms with Crippen molar-refractivity contribution in [1.29, 1.82) is 0 Å². The van der Waals surface area contributed by atoms with Crippen molar-refractivity contribution < 1.29 is 19.1 Å². The van der Waals surface area contributed by atoms with Crippen molar-refractivity contribution >= 4 is 45.6 Å². The van der Waals surface area contributed by atoms with E-state index in [0.29, 0.717) is 30.0 Å². The van der Waals surface area contributed by atoms with Crippen LogP contribution in [0, 0.1) is 5.92 Å². The molecule has 162 valence electrons. The van der Waals surface area contributed by atoms with E-state index in [-0.39, 0.29) is 29.8 Å². The lowest BCUT2D eigenvalue weighted by Gasteiger charge is -2.30. The van der Waals surface area contributed by atoms with Crippen LogP contribution in [0.5, 0.6) is 0 Å². The van der Waals surface area contributed by atoms with Crippen LogP contribution in [-0.2, 0) is 19.1 Å². The molecule has 1 aromatic rings. The largest absolute Gasteiger partial charge is 0.369 e. The lowest BCUT2D eigenvalue weighted by molar-refractivity contribution is -0.130. The van der Waals surface area contributed by atoms with E-state index in [9.17, 15) is 9.59 Å². The molecule has 0 aromatic carbocycles. The molecule has 0 radical (unpaired) electrons. The Morgan fingerprint density at radius 1 is 1.30 bits per heavy atom. The third-order valence-electron chi connectivity index (χ3n) is 5.35. The lowest BCUT2D eigenvalue weighted by Crippen LogP contribution is -2.40. The Hall–Kier alpha value is -1.68. The average Bonchev–Trinajstić information content (AvgIpc) is 3.21. The number of carbonyl (C=O) groups is 2. The molecule has 0 spiro atoms. The molecule has 9 heteroatoms. The highest BCUT2D eigenvalue weighted by atomic mass is 32.2. The van der Waals surface area contributed by atoms with Crippen molar-refractivity contribution in [2.45, 2.75) is 32.0 Å². The van der Waals surface area contributed by atoms with Crippen molar-refractivity contribution in [1.82, 2.24) is 9.88 Å². The molecule has 1 aromatic heterocycles. The molecule has 1 aliphatic carbocycles. The van der Waals surface area contributed by atoms with Gasteiger partial charge in [0, 0.05) is 18.5 Å². The molecule has 2 saturated heterocycles. The molecule has 3 unspecified atom stereocenters. The average molecular weight is 450 g/mol. The molecule has 7 nitrogen and oxygen atoms in total. The Kier molecular flexibility index (Phi) is 7.24. The summed E-state index contributed by atoms with van der Waals surface area (Å²) in [7, 11) is 0. The number of ether oxygens (including phenoxy) is 2. The van der Waals surface area contributed by atoms with Gasteiger partial charge >= 0.3 is 0 Å². The number of anilines is 1. The molecule has 2 aliphatic heterocycles. The lowest BCUT2D eigenvalue weighted by atomic mass is 10.00. The van der Waals surface area contributed by atoms with Gasteiger partial charge in [0.15, 0.2) is 5.13 Å². The number of thiazole rings is 1. The maximum atomic E-state index is 12.3. The minimum atomic E-state index is -0.141. The Balaban J connectivity index is 1.23. The second-order valence-electron chi connectivity index (χ2n) is 7.82. The van der Waals surface area contributed by atoms with Crippen LogP contribution in [0.1, 0.15) is 25.5 Å². The number of fused-ring (bicyclic) bond motifs is 1. The number of aromatic nitrogens is 1. The molecular weight excluding hydrogens is 422 g/mol. The molecule has 0 saturated carbocycles. The third kappa shape index (κ3) is 5.51. The molecule has 2 amide bonds. The highest BCUT2D eigenvalue weighted by Gasteiger charge is 2.26. The smallest absolute Gasteiger partial charge is 0.236 e. The first-order valence-electron chi connectivity index (χ1n) is 10.3. The predicted octanol–water partition coefficient (Wildman–Crippen LogP) is 2.81. The maximum Gasteiger partial charge on any atom is 0.236 e. The van der Waals surface area contributed by atoms with Crippen molar-refractivity contribution in [2.75, 3.05) is 43.1 Å². The molecule has 0 bridgehead atoms. The van der Waals surface area contributed by atoms with Crippen molar-refractivity contribution in [3.63, 3.8) is 0 Å². The van der Waals surface area contributed by atoms with Crippen LogP contribution in [0.3, 0.4) is 0 Å². The summed E-state index contributed by atoms with van der Waals surface area (Å²) in [5.74, 6) is 1.12. The number of amides is 2. The zero-order valence-electron chi connectivity index (χ0n) is 17.0. The quantitative estimate of drug-likeness (QED) is 0.719. The Bertz CT molecular complexity index is 838. The summed E-state index contributed by atoms with van der Waals surface area (Å²) < 4.78 is 11.4. The Labute approximate surface area is 184 Å². The second kappa shape index (κ2) is 10.1. The number of rotatable bonds is 6. The SMILES string of the molecule is CC1CCCN(C(=O)CSCC(=O)Nc2nc(C3=CC4OCCOC4C=C3)cs2)C1. The topological polar surface area (TPSA) is 80.8 Å². The molecular formula is C21H27N3O4S2. The fourth-order valence-corrected chi connectivity index (χ4v) is 5.28. The minimum absolute atomic E-state index is 0.0341. The number of thioether (sulfide) groups is 1. The van der Waals surface area contributed by atoms with E-state index < -0.39 is 0 Å². The number of carbonyl (C=O) groups excluding carboxylic acids is 2. The summed E-state index contributed by atoms with van der Waals surface area (Å²) >= 11 is 2.74. The van der Waals surface area contributed by atoms with Crippen LogP contribution in [-0.4, -0.2) is 71.7 Å². The van der Waals surface area contributed by atoms with E-state index in [1.54, 1.807) is 0 Å². The maximum absolute atomic E-state index is 12.3. The van der Waals surface area contributed by atoms with Crippen molar-refractivity contribution in [3.05, 3.63) is 29.3 Å². The highest BCUT2D eigenvalue weighted by molar-refractivity contribution is 8.00. The third-order valence-corrected chi connectivity index (χ3v) is 7.03. The standard InChI is InChI=1S/C21H27N3O4S2/c1-14-3-2-6-24(10-14)20(26)13-29-12-19(25)23-21-22-16(11-30-21)15-4-5-17-18(9-15)28-8-7-27-17/h4-5,9,11,14,17-18H,2-3,6-8,10,12-13H2,1H3,(H,22,23,25). The monoisotopic (exact) mass is 449 g/mol. The van der Waals surface area contributed by atoms with Crippen LogP contribution in [0.2, 0.25) is 0 Å². The number of hydrogen-bond acceptors (Lipinski definition) is 7. The number of nitrogens with zero attached hydrogens (tertiary/aromatic N) is 2. The van der Waals surface area contributed by atoms with E-state index in [4.69, 9.17) is 9.47 Å². The van der Waals surface area contributed by atoms with Crippen LogP contribution in [0.25, 0.3) is 5.57 Å². The first-order valence-corrected chi connectivity index (χ1v) is 12.4. The summed E-state index contributed by atoms with van der Waals surface area (Å²) in [5.41, 5.74) is 1.77. The Morgan fingerprint density at radius 2 is 2.13 bits per heavy atom.